The number of hydrogen-bond acceptors (Lipinski definition) is 4. The van der Waals surface area contributed by atoms with Crippen LogP contribution in [-0.4, -0.2) is 32.8 Å². The average molecular weight is 425 g/mol. The highest BCUT2D eigenvalue weighted by Gasteiger charge is 2.04. The zero-order valence-corrected chi connectivity index (χ0v) is 16.8. The molecule has 0 radical (unpaired) electrons. The lowest BCUT2D eigenvalue weighted by atomic mass is 10.1. The minimum Gasteiger partial charge on any atom is -0.377 e. The van der Waals surface area contributed by atoms with Gasteiger partial charge in [-0.15, -0.1) is 0 Å². The fourth-order valence-corrected chi connectivity index (χ4v) is 3.49. The molecular formula is C21H21BrN4O. The molecule has 0 unspecified atom stereocenters. The number of anilines is 2. The number of hydrogen-bond donors (Lipinski definition) is 2. The minimum absolute atomic E-state index is 0.147. The molecule has 3 rings (SSSR count). The molecule has 0 bridgehead atoms. The topological polar surface area (TPSA) is 56.7 Å². The number of carbonyl (C=O) groups excluding carboxylic acids is 1. The van der Waals surface area contributed by atoms with Crippen LogP contribution in [0.2, 0.25) is 0 Å². The summed E-state index contributed by atoms with van der Waals surface area (Å²) in [5.74, 6) is -0.205. The quantitative estimate of drug-likeness (QED) is 0.459. The maximum atomic E-state index is 12.0. The van der Waals surface area contributed by atoms with E-state index < -0.39 is 0 Å². The Morgan fingerprint density at radius 2 is 1.89 bits per heavy atom. The maximum Gasteiger partial charge on any atom is 0.259 e. The van der Waals surface area contributed by atoms with E-state index in [9.17, 15) is 4.79 Å². The molecule has 0 spiro atoms. The number of benzene rings is 3. The molecule has 5 nitrogen and oxygen atoms in total. The van der Waals surface area contributed by atoms with Crippen LogP contribution in [0.25, 0.3) is 10.8 Å². The van der Waals surface area contributed by atoms with Crippen LogP contribution in [-0.2, 0) is 4.79 Å². The number of nitrogens with one attached hydrogen (secondary N) is 2. The molecule has 138 valence electrons. The van der Waals surface area contributed by atoms with E-state index in [1.807, 2.05) is 79.7 Å². The summed E-state index contributed by atoms with van der Waals surface area (Å²) in [4.78, 5) is 14.1. The van der Waals surface area contributed by atoms with Gasteiger partial charge < -0.3 is 10.2 Å². The van der Waals surface area contributed by atoms with Crippen LogP contribution in [0.15, 0.2) is 70.2 Å². The van der Waals surface area contributed by atoms with Crippen molar-refractivity contribution in [3.63, 3.8) is 0 Å². The summed E-state index contributed by atoms with van der Waals surface area (Å²) in [7, 11) is 3.97. The SMILES string of the molecule is CN(C)c1ccc(/C=N\NC(=O)CNc2cccc3ccccc23)cc1Br. The highest BCUT2D eigenvalue weighted by atomic mass is 79.9. The third kappa shape index (κ3) is 4.86. The molecule has 3 aromatic rings. The second kappa shape index (κ2) is 8.68. The lowest BCUT2D eigenvalue weighted by Crippen LogP contribution is -2.25. The van der Waals surface area contributed by atoms with E-state index in [1.165, 1.54) is 0 Å². The number of hydrazone groups is 1. The second-order valence-electron chi connectivity index (χ2n) is 6.28. The van der Waals surface area contributed by atoms with Gasteiger partial charge in [-0.3, -0.25) is 4.79 Å². The Balaban J connectivity index is 1.57. The Morgan fingerprint density at radius 3 is 2.67 bits per heavy atom. The van der Waals surface area contributed by atoms with Crippen molar-refractivity contribution in [2.24, 2.45) is 5.10 Å². The first-order valence-electron chi connectivity index (χ1n) is 8.55. The molecule has 0 atom stereocenters. The molecule has 0 saturated heterocycles. The summed E-state index contributed by atoms with van der Waals surface area (Å²) >= 11 is 3.54. The van der Waals surface area contributed by atoms with Crippen molar-refractivity contribution in [2.45, 2.75) is 0 Å². The summed E-state index contributed by atoms with van der Waals surface area (Å²) in [6, 6.07) is 19.9. The van der Waals surface area contributed by atoms with Crippen LogP contribution in [0.4, 0.5) is 11.4 Å². The summed E-state index contributed by atoms with van der Waals surface area (Å²) in [6.07, 6.45) is 1.63. The van der Waals surface area contributed by atoms with Crippen LogP contribution < -0.4 is 15.6 Å². The van der Waals surface area contributed by atoms with Crippen molar-refractivity contribution in [2.75, 3.05) is 30.9 Å². The molecule has 0 fully saturated rings. The van der Waals surface area contributed by atoms with Crippen molar-refractivity contribution < 1.29 is 4.79 Å². The largest absolute Gasteiger partial charge is 0.377 e. The number of fused-ring (bicyclic) bond motifs is 1. The fourth-order valence-electron chi connectivity index (χ4n) is 2.74. The predicted molar refractivity (Wildman–Crippen MR) is 117 cm³/mol. The predicted octanol–water partition coefficient (Wildman–Crippen LogP) is 4.23. The maximum absolute atomic E-state index is 12.0. The summed E-state index contributed by atoms with van der Waals surface area (Å²) in [6.45, 7) is 0.147. The third-order valence-electron chi connectivity index (χ3n) is 4.09. The van der Waals surface area contributed by atoms with Gasteiger partial charge >= 0.3 is 0 Å². The zero-order valence-electron chi connectivity index (χ0n) is 15.2. The van der Waals surface area contributed by atoms with Crippen LogP contribution >= 0.6 is 15.9 Å². The van der Waals surface area contributed by atoms with Gasteiger partial charge in [0.15, 0.2) is 0 Å². The van der Waals surface area contributed by atoms with Gasteiger partial charge in [-0.2, -0.15) is 5.10 Å². The van der Waals surface area contributed by atoms with Crippen molar-refractivity contribution in [1.29, 1.82) is 0 Å². The summed E-state index contributed by atoms with van der Waals surface area (Å²) in [5.41, 5.74) is 5.45. The van der Waals surface area contributed by atoms with E-state index in [2.05, 4.69) is 31.8 Å². The van der Waals surface area contributed by atoms with E-state index in [-0.39, 0.29) is 12.5 Å². The van der Waals surface area contributed by atoms with E-state index in [4.69, 9.17) is 0 Å². The molecule has 0 aromatic heterocycles. The van der Waals surface area contributed by atoms with Gasteiger partial charge in [0.05, 0.1) is 18.4 Å². The van der Waals surface area contributed by atoms with E-state index in [0.717, 1.165) is 32.2 Å². The molecule has 1 amide bonds. The zero-order chi connectivity index (χ0) is 19.2. The molecular weight excluding hydrogens is 404 g/mol. The van der Waals surface area contributed by atoms with Crippen LogP contribution in [0.3, 0.4) is 0 Å². The van der Waals surface area contributed by atoms with E-state index in [1.54, 1.807) is 6.21 Å². The van der Waals surface area contributed by atoms with Crippen molar-refractivity contribution in [3.8, 4) is 0 Å². The Morgan fingerprint density at radius 1 is 1.11 bits per heavy atom. The standard InChI is InChI=1S/C21H21BrN4O/c1-26(2)20-11-10-15(12-18(20)22)13-24-25-21(27)14-23-19-9-5-7-16-6-3-4-8-17(16)19/h3-13,23H,14H2,1-2H3,(H,25,27)/b24-13-. The Labute approximate surface area is 167 Å². The summed E-state index contributed by atoms with van der Waals surface area (Å²) in [5, 5.41) is 9.42. The number of nitrogens with zero attached hydrogens (tertiary/aromatic N) is 2. The summed E-state index contributed by atoms with van der Waals surface area (Å²) < 4.78 is 0.973. The van der Waals surface area contributed by atoms with Gasteiger partial charge in [-0.25, -0.2) is 5.43 Å². The normalized spacial score (nSPS) is 10.9. The van der Waals surface area contributed by atoms with Crippen molar-refractivity contribution >= 4 is 50.2 Å². The van der Waals surface area contributed by atoms with Gasteiger partial charge in [0, 0.05) is 29.6 Å². The second-order valence-corrected chi connectivity index (χ2v) is 7.13. The van der Waals surface area contributed by atoms with Crippen LogP contribution in [0.5, 0.6) is 0 Å². The van der Waals surface area contributed by atoms with Gasteiger partial charge in [-0.05, 0) is 45.1 Å². The van der Waals surface area contributed by atoms with Crippen LogP contribution in [0, 0.1) is 0 Å². The molecule has 0 aliphatic heterocycles. The number of amides is 1. The van der Waals surface area contributed by atoms with Gasteiger partial charge in [0.1, 0.15) is 0 Å². The fraction of sp³-hybridized carbons (Fsp3) is 0.143. The minimum atomic E-state index is -0.205. The Kier molecular flexibility index (Phi) is 6.08. The lowest BCUT2D eigenvalue weighted by molar-refractivity contribution is -0.119. The Hall–Kier alpha value is -2.86. The molecule has 0 aliphatic carbocycles. The first-order chi connectivity index (χ1) is 13.0. The first-order valence-corrected chi connectivity index (χ1v) is 9.34. The van der Waals surface area contributed by atoms with Gasteiger partial charge in [0.25, 0.3) is 5.91 Å². The Bertz CT molecular complexity index is 980. The van der Waals surface area contributed by atoms with Crippen molar-refractivity contribution in [1.82, 2.24) is 5.43 Å². The molecule has 0 saturated carbocycles. The third-order valence-corrected chi connectivity index (χ3v) is 4.72. The van der Waals surface area contributed by atoms with Gasteiger partial charge in [-0.1, -0.05) is 42.5 Å². The highest BCUT2D eigenvalue weighted by molar-refractivity contribution is 9.10. The number of rotatable bonds is 6. The number of halogens is 1. The van der Waals surface area contributed by atoms with E-state index in [0.29, 0.717) is 0 Å². The first kappa shape index (κ1) is 18.9. The lowest BCUT2D eigenvalue weighted by Gasteiger charge is -2.14. The molecule has 6 heteroatoms. The van der Waals surface area contributed by atoms with E-state index >= 15 is 0 Å². The number of carbonyl (C=O) groups is 1. The average Bonchev–Trinajstić information content (AvgIpc) is 2.66. The van der Waals surface area contributed by atoms with Crippen molar-refractivity contribution in [3.05, 3.63) is 70.7 Å². The smallest absolute Gasteiger partial charge is 0.259 e. The molecule has 27 heavy (non-hydrogen) atoms. The monoisotopic (exact) mass is 424 g/mol. The highest BCUT2D eigenvalue weighted by Crippen LogP contribution is 2.25. The van der Waals surface area contributed by atoms with Crippen LogP contribution in [0.1, 0.15) is 5.56 Å². The van der Waals surface area contributed by atoms with Gasteiger partial charge in [0.2, 0.25) is 0 Å². The molecule has 0 heterocycles. The molecule has 3 aromatic carbocycles. The molecule has 2 N–H and O–H groups in total. The molecule has 0 aliphatic rings.